The van der Waals surface area contributed by atoms with E-state index in [0.717, 1.165) is 42.8 Å². The van der Waals surface area contributed by atoms with Crippen LogP contribution in [0.5, 0.6) is 0 Å². The molecule has 0 saturated carbocycles. The van der Waals surface area contributed by atoms with E-state index in [4.69, 9.17) is 4.74 Å². The van der Waals surface area contributed by atoms with Gasteiger partial charge in [0.25, 0.3) is 5.56 Å². The molecule has 7 nitrogen and oxygen atoms in total. The van der Waals surface area contributed by atoms with Gasteiger partial charge < -0.3 is 9.72 Å². The standard InChI is InChI=1S/C13H14N4O3S2/c14-7-8-9-10(11(18)16-13(19)15-9)22-12(8)21-6-3-17-1-4-20-5-2-17/h1-6H2,(H2,15,16,18,19). The molecular formula is C13H14N4O3S2. The Kier molecular flexibility index (Phi) is 4.63. The van der Waals surface area contributed by atoms with Crippen molar-refractivity contribution in [1.82, 2.24) is 14.9 Å². The maximum Gasteiger partial charge on any atom is 0.326 e. The zero-order valence-electron chi connectivity index (χ0n) is 11.7. The van der Waals surface area contributed by atoms with Crippen LogP contribution in [0.2, 0.25) is 0 Å². The topological polar surface area (TPSA) is 102 Å². The van der Waals surface area contributed by atoms with Crippen LogP contribution in [-0.4, -0.2) is 53.5 Å². The molecule has 0 spiro atoms. The van der Waals surface area contributed by atoms with Crippen LogP contribution in [0.1, 0.15) is 5.56 Å². The van der Waals surface area contributed by atoms with E-state index in [2.05, 4.69) is 20.9 Å². The van der Waals surface area contributed by atoms with Gasteiger partial charge in [-0.2, -0.15) is 5.26 Å². The van der Waals surface area contributed by atoms with Crippen LogP contribution in [-0.2, 0) is 4.74 Å². The smallest absolute Gasteiger partial charge is 0.326 e. The summed E-state index contributed by atoms with van der Waals surface area (Å²) in [5.41, 5.74) is -0.303. The molecule has 1 aliphatic heterocycles. The summed E-state index contributed by atoms with van der Waals surface area (Å²) in [6.45, 7) is 4.26. The Balaban J connectivity index is 1.79. The van der Waals surface area contributed by atoms with Crippen molar-refractivity contribution >= 4 is 33.3 Å². The molecule has 2 aromatic heterocycles. The van der Waals surface area contributed by atoms with Gasteiger partial charge in [-0.1, -0.05) is 0 Å². The summed E-state index contributed by atoms with van der Waals surface area (Å²) in [7, 11) is 0. The van der Waals surface area contributed by atoms with E-state index in [1.165, 1.54) is 11.3 Å². The molecule has 116 valence electrons. The highest BCUT2D eigenvalue weighted by Gasteiger charge is 2.17. The van der Waals surface area contributed by atoms with Crippen molar-refractivity contribution < 1.29 is 4.74 Å². The number of H-pyrrole nitrogens is 2. The summed E-state index contributed by atoms with van der Waals surface area (Å²) < 4.78 is 6.47. The fourth-order valence-corrected chi connectivity index (χ4v) is 4.69. The average Bonchev–Trinajstić information content (AvgIpc) is 2.86. The van der Waals surface area contributed by atoms with E-state index in [1.54, 1.807) is 11.8 Å². The summed E-state index contributed by atoms with van der Waals surface area (Å²) in [5, 5.41) is 9.32. The first-order valence-electron chi connectivity index (χ1n) is 6.81. The van der Waals surface area contributed by atoms with Crippen LogP contribution in [0.4, 0.5) is 0 Å². The van der Waals surface area contributed by atoms with E-state index >= 15 is 0 Å². The van der Waals surface area contributed by atoms with Crippen LogP contribution < -0.4 is 11.2 Å². The molecule has 2 aromatic rings. The number of fused-ring (bicyclic) bond motifs is 1. The van der Waals surface area contributed by atoms with Gasteiger partial charge in [-0.3, -0.25) is 14.7 Å². The number of thioether (sulfide) groups is 1. The van der Waals surface area contributed by atoms with Crippen LogP contribution in [0, 0.1) is 11.3 Å². The minimum Gasteiger partial charge on any atom is -0.379 e. The molecule has 9 heteroatoms. The molecule has 0 aliphatic carbocycles. The van der Waals surface area contributed by atoms with Gasteiger partial charge >= 0.3 is 5.69 Å². The molecule has 1 aliphatic rings. The summed E-state index contributed by atoms with van der Waals surface area (Å²) >= 11 is 2.80. The zero-order valence-corrected chi connectivity index (χ0v) is 13.3. The van der Waals surface area contributed by atoms with Crippen LogP contribution >= 0.6 is 23.1 Å². The van der Waals surface area contributed by atoms with Crippen molar-refractivity contribution in [2.24, 2.45) is 0 Å². The van der Waals surface area contributed by atoms with Gasteiger partial charge in [0.2, 0.25) is 0 Å². The average molecular weight is 338 g/mol. The number of nitrogens with zero attached hydrogens (tertiary/aromatic N) is 2. The fraction of sp³-hybridized carbons (Fsp3) is 0.462. The summed E-state index contributed by atoms with van der Waals surface area (Å²) in [6.07, 6.45) is 0. The van der Waals surface area contributed by atoms with Gasteiger partial charge in [-0.05, 0) is 0 Å². The predicted molar refractivity (Wildman–Crippen MR) is 85.8 cm³/mol. The first-order chi connectivity index (χ1) is 10.7. The van der Waals surface area contributed by atoms with E-state index in [9.17, 15) is 14.9 Å². The molecule has 3 rings (SSSR count). The second-order valence-electron chi connectivity index (χ2n) is 4.79. The van der Waals surface area contributed by atoms with Crippen molar-refractivity contribution in [2.45, 2.75) is 4.21 Å². The molecule has 0 atom stereocenters. The lowest BCUT2D eigenvalue weighted by Crippen LogP contribution is -2.37. The van der Waals surface area contributed by atoms with Crippen molar-refractivity contribution in [2.75, 3.05) is 38.6 Å². The van der Waals surface area contributed by atoms with Gasteiger partial charge in [0.15, 0.2) is 0 Å². The summed E-state index contributed by atoms with van der Waals surface area (Å²) in [6, 6.07) is 2.09. The lowest BCUT2D eigenvalue weighted by atomic mass is 10.3. The molecule has 22 heavy (non-hydrogen) atoms. The monoisotopic (exact) mass is 338 g/mol. The molecule has 3 heterocycles. The molecular weight excluding hydrogens is 324 g/mol. The summed E-state index contributed by atoms with van der Waals surface area (Å²) in [5.74, 6) is 0.823. The first-order valence-corrected chi connectivity index (χ1v) is 8.61. The van der Waals surface area contributed by atoms with Crippen LogP contribution in [0.3, 0.4) is 0 Å². The fourth-order valence-electron chi connectivity index (χ4n) is 2.29. The highest BCUT2D eigenvalue weighted by atomic mass is 32.2. The van der Waals surface area contributed by atoms with Crippen molar-refractivity contribution in [1.29, 1.82) is 5.26 Å². The number of ether oxygens (including phenoxy) is 1. The number of morpholine rings is 1. The Morgan fingerprint density at radius 3 is 2.82 bits per heavy atom. The lowest BCUT2D eigenvalue weighted by molar-refractivity contribution is 0.0410. The highest BCUT2D eigenvalue weighted by molar-refractivity contribution is 8.01. The van der Waals surface area contributed by atoms with Gasteiger partial charge in [-0.25, -0.2) is 4.79 Å². The number of hydrogen-bond donors (Lipinski definition) is 2. The maximum absolute atomic E-state index is 11.8. The summed E-state index contributed by atoms with van der Waals surface area (Å²) in [4.78, 5) is 30.2. The van der Waals surface area contributed by atoms with E-state index in [0.29, 0.717) is 15.8 Å². The number of aromatic nitrogens is 2. The largest absolute Gasteiger partial charge is 0.379 e. The second-order valence-corrected chi connectivity index (χ2v) is 7.18. The molecule has 1 saturated heterocycles. The number of aromatic amines is 2. The van der Waals surface area contributed by atoms with Gasteiger partial charge in [0.1, 0.15) is 16.3 Å². The zero-order chi connectivity index (χ0) is 15.5. The number of nitrogens with one attached hydrogen (secondary N) is 2. The Bertz CT molecular complexity index is 826. The SMILES string of the molecule is N#Cc1c(SCCN2CCOCC2)sc2c(=O)[nH]c(=O)[nH]c12. The molecule has 2 N–H and O–H groups in total. The second kappa shape index (κ2) is 6.66. The van der Waals surface area contributed by atoms with Crippen LogP contribution in [0.25, 0.3) is 10.2 Å². The third-order valence-electron chi connectivity index (χ3n) is 3.40. The van der Waals surface area contributed by atoms with Crippen LogP contribution in [0.15, 0.2) is 13.8 Å². The molecule has 0 bridgehead atoms. The normalized spacial score (nSPS) is 16.0. The van der Waals surface area contributed by atoms with E-state index in [1.807, 2.05) is 0 Å². The predicted octanol–water partition coefficient (Wildman–Crippen LogP) is 0.574. The molecule has 0 amide bonds. The minimum absolute atomic E-state index is 0.343. The Hall–Kier alpha value is -1.60. The number of rotatable bonds is 4. The quantitative estimate of drug-likeness (QED) is 0.791. The minimum atomic E-state index is -0.586. The first kappa shape index (κ1) is 15.3. The third-order valence-corrected chi connectivity index (χ3v) is 5.84. The van der Waals surface area contributed by atoms with E-state index < -0.39 is 11.2 Å². The Morgan fingerprint density at radius 2 is 2.09 bits per heavy atom. The number of nitriles is 1. The maximum atomic E-state index is 11.8. The highest BCUT2D eigenvalue weighted by Crippen LogP contribution is 2.34. The van der Waals surface area contributed by atoms with E-state index in [-0.39, 0.29) is 0 Å². The Morgan fingerprint density at radius 1 is 1.32 bits per heavy atom. The third kappa shape index (κ3) is 3.10. The molecule has 0 radical (unpaired) electrons. The lowest BCUT2D eigenvalue weighted by Gasteiger charge is -2.26. The number of thiophene rings is 1. The number of hydrogen-bond acceptors (Lipinski definition) is 7. The molecule has 0 aromatic carbocycles. The molecule has 0 unspecified atom stereocenters. The van der Waals surface area contributed by atoms with Gasteiger partial charge in [0, 0.05) is 25.4 Å². The Labute approximate surface area is 133 Å². The van der Waals surface area contributed by atoms with Crippen molar-refractivity contribution in [3.63, 3.8) is 0 Å². The van der Waals surface area contributed by atoms with Gasteiger partial charge in [0.05, 0.1) is 22.9 Å². The van der Waals surface area contributed by atoms with Crippen molar-refractivity contribution in [3.8, 4) is 6.07 Å². The van der Waals surface area contributed by atoms with Crippen molar-refractivity contribution in [3.05, 3.63) is 26.4 Å². The van der Waals surface area contributed by atoms with Gasteiger partial charge in [-0.15, -0.1) is 23.1 Å². The molecule has 1 fully saturated rings.